The van der Waals surface area contributed by atoms with Crippen molar-refractivity contribution < 1.29 is 14.5 Å². The summed E-state index contributed by atoms with van der Waals surface area (Å²) in [5.74, 6) is -0.315. The number of benzene rings is 1. The lowest BCUT2D eigenvalue weighted by Crippen LogP contribution is -2.40. The van der Waals surface area contributed by atoms with Gasteiger partial charge in [-0.2, -0.15) is 0 Å². The Kier molecular flexibility index (Phi) is 5.10. The van der Waals surface area contributed by atoms with Crippen LogP contribution in [0, 0.1) is 10.1 Å². The minimum atomic E-state index is -0.488. The summed E-state index contributed by atoms with van der Waals surface area (Å²) in [5.41, 5.74) is 0.459. The number of anilines is 1. The number of nitro groups is 1. The van der Waals surface area contributed by atoms with Crippen LogP contribution in [0.15, 0.2) is 18.2 Å². The molecule has 0 bridgehead atoms. The molecule has 0 spiro atoms. The van der Waals surface area contributed by atoms with Crippen LogP contribution in [0.5, 0.6) is 0 Å². The highest BCUT2D eigenvalue weighted by molar-refractivity contribution is 6.01. The number of carbonyl (C=O) groups is 1. The average molecular weight is 293 g/mol. The van der Waals surface area contributed by atoms with Crippen molar-refractivity contribution in [3.8, 4) is 0 Å². The lowest BCUT2D eigenvalue weighted by Gasteiger charge is -2.23. The zero-order valence-electron chi connectivity index (χ0n) is 11.9. The number of nitrogens with zero attached hydrogens (tertiary/aromatic N) is 1. The van der Waals surface area contributed by atoms with E-state index in [1.165, 1.54) is 12.1 Å². The number of para-hydroxylation sites is 1. The van der Waals surface area contributed by atoms with Crippen molar-refractivity contribution in [2.45, 2.75) is 25.8 Å². The molecule has 0 saturated carbocycles. The van der Waals surface area contributed by atoms with Crippen LogP contribution < -0.4 is 10.6 Å². The monoisotopic (exact) mass is 293 g/mol. The molecule has 1 fully saturated rings. The van der Waals surface area contributed by atoms with Crippen molar-refractivity contribution in [2.75, 3.05) is 25.1 Å². The smallest absolute Gasteiger partial charge is 0.293 e. The van der Waals surface area contributed by atoms with Gasteiger partial charge in [0, 0.05) is 19.2 Å². The van der Waals surface area contributed by atoms with Crippen molar-refractivity contribution in [3.63, 3.8) is 0 Å². The number of ether oxygens (including phenoxy) is 1. The van der Waals surface area contributed by atoms with Gasteiger partial charge in [0.15, 0.2) is 0 Å². The van der Waals surface area contributed by atoms with Crippen LogP contribution in [0.3, 0.4) is 0 Å². The van der Waals surface area contributed by atoms with Crippen LogP contribution in [0.1, 0.15) is 30.1 Å². The fourth-order valence-electron chi connectivity index (χ4n) is 2.36. The van der Waals surface area contributed by atoms with E-state index in [1.807, 2.05) is 6.92 Å². The van der Waals surface area contributed by atoms with E-state index in [2.05, 4.69) is 10.6 Å². The molecule has 0 aliphatic carbocycles. The van der Waals surface area contributed by atoms with Crippen molar-refractivity contribution in [1.29, 1.82) is 0 Å². The van der Waals surface area contributed by atoms with E-state index in [-0.39, 0.29) is 28.9 Å². The molecule has 1 aliphatic rings. The molecule has 0 aromatic heterocycles. The summed E-state index contributed by atoms with van der Waals surface area (Å²) in [6.07, 6.45) is 1.76. The summed E-state index contributed by atoms with van der Waals surface area (Å²) < 4.78 is 5.32. The molecular weight excluding hydrogens is 274 g/mol. The van der Waals surface area contributed by atoms with Gasteiger partial charge in [-0.15, -0.1) is 0 Å². The number of nitro benzene ring substituents is 1. The average Bonchev–Trinajstić information content (AvgIpc) is 2.48. The van der Waals surface area contributed by atoms with E-state index in [9.17, 15) is 14.9 Å². The third-order valence-electron chi connectivity index (χ3n) is 3.33. The molecule has 1 aliphatic heterocycles. The van der Waals surface area contributed by atoms with Gasteiger partial charge in [-0.05, 0) is 25.8 Å². The number of rotatable bonds is 5. The maximum absolute atomic E-state index is 12.4. The quantitative estimate of drug-likeness (QED) is 0.639. The second-order valence-electron chi connectivity index (χ2n) is 4.87. The molecule has 1 aromatic carbocycles. The van der Waals surface area contributed by atoms with Crippen molar-refractivity contribution in [3.05, 3.63) is 33.9 Å². The molecule has 1 amide bonds. The van der Waals surface area contributed by atoms with Crippen LogP contribution >= 0.6 is 0 Å². The van der Waals surface area contributed by atoms with E-state index in [1.54, 1.807) is 6.07 Å². The Morgan fingerprint density at radius 2 is 2.33 bits per heavy atom. The number of carbonyl (C=O) groups excluding carboxylic acids is 1. The highest BCUT2D eigenvalue weighted by Gasteiger charge is 2.23. The SMILES string of the molecule is CCNc1c(C(=O)NC2CCCOC2)cccc1[N+](=O)[O-]. The Labute approximate surface area is 122 Å². The third kappa shape index (κ3) is 3.69. The van der Waals surface area contributed by atoms with Crippen LogP contribution in [0.4, 0.5) is 11.4 Å². The molecule has 114 valence electrons. The van der Waals surface area contributed by atoms with Crippen LogP contribution in [-0.2, 0) is 4.74 Å². The van der Waals surface area contributed by atoms with E-state index < -0.39 is 4.92 Å². The molecule has 1 heterocycles. The molecule has 7 heteroatoms. The Balaban J connectivity index is 2.22. The molecule has 1 aromatic rings. The van der Waals surface area contributed by atoms with E-state index >= 15 is 0 Å². The molecule has 7 nitrogen and oxygen atoms in total. The normalized spacial score (nSPS) is 18.0. The molecular formula is C14H19N3O4. The zero-order chi connectivity index (χ0) is 15.2. The van der Waals surface area contributed by atoms with Crippen LogP contribution in [0.25, 0.3) is 0 Å². The number of amides is 1. The zero-order valence-corrected chi connectivity index (χ0v) is 11.9. The molecule has 1 saturated heterocycles. The summed E-state index contributed by atoms with van der Waals surface area (Å²) in [5, 5.41) is 16.9. The number of hydrogen-bond donors (Lipinski definition) is 2. The molecule has 2 rings (SSSR count). The first-order chi connectivity index (χ1) is 10.1. The third-order valence-corrected chi connectivity index (χ3v) is 3.33. The topological polar surface area (TPSA) is 93.5 Å². The fraction of sp³-hybridized carbons (Fsp3) is 0.500. The maximum Gasteiger partial charge on any atom is 0.293 e. The van der Waals surface area contributed by atoms with Gasteiger partial charge in [-0.1, -0.05) is 6.07 Å². The largest absolute Gasteiger partial charge is 0.379 e. The predicted molar refractivity (Wildman–Crippen MR) is 78.6 cm³/mol. The minimum Gasteiger partial charge on any atom is -0.379 e. The van der Waals surface area contributed by atoms with E-state index in [4.69, 9.17) is 4.74 Å². The maximum atomic E-state index is 12.4. The first kappa shape index (κ1) is 15.2. The van der Waals surface area contributed by atoms with Gasteiger partial charge in [-0.3, -0.25) is 14.9 Å². The van der Waals surface area contributed by atoms with Gasteiger partial charge >= 0.3 is 0 Å². The number of hydrogen-bond acceptors (Lipinski definition) is 5. The minimum absolute atomic E-state index is 0.0417. The van der Waals surface area contributed by atoms with Gasteiger partial charge in [0.25, 0.3) is 11.6 Å². The van der Waals surface area contributed by atoms with Crippen molar-refractivity contribution >= 4 is 17.3 Å². The lowest BCUT2D eigenvalue weighted by atomic mass is 10.1. The first-order valence-corrected chi connectivity index (χ1v) is 7.03. The van der Waals surface area contributed by atoms with Crippen molar-refractivity contribution in [2.24, 2.45) is 0 Å². The Morgan fingerprint density at radius 3 is 2.95 bits per heavy atom. The second-order valence-corrected chi connectivity index (χ2v) is 4.87. The summed E-state index contributed by atoms with van der Waals surface area (Å²) in [6, 6.07) is 4.45. The van der Waals surface area contributed by atoms with Gasteiger partial charge in [-0.25, -0.2) is 0 Å². The highest BCUT2D eigenvalue weighted by atomic mass is 16.6. The molecule has 2 N–H and O–H groups in total. The summed E-state index contributed by atoms with van der Waals surface area (Å²) in [6.45, 7) is 3.52. The van der Waals surface area contributed by atoms with E-state index in [0.717, 1.165) is 12.8 Å². The summed E-state index contributed by atoms with van der Waals surface area (Å²) >= 11 is 0. The van der Waals surface area contributed by atoms with Crippen molar-refractivity contribution in [1.82, 2.24) is 5.32 Å². The lowest BCUT2D eigenvalue weighted by molar-refractivity contribution is -0.384. The summed E-state index contributed by atoms with van der Waals surface area (Å²) in [4.78, 5) is 22.9. The van der Waals surface area contributed by atoms with Gasteiger partial charge < -0.3 is 15.4 Å². The van der Waals surface area contributed by atoms with Crippen LogP contribution in [0.2, 0.25) is 0 Å². The van der Waals surface area contributed by atoms with Gasteiger partial charge in [0.2, 0.25) is 0 Å². The standard InChI is InChI=1S/C14H19N3O4/c1-2-15-13-11(6-3-7-12(13)17(19)20)14(18)16-10-5-4-8-21-9-10/h3,6-7,10,15H,2,4-5,8-9H2,1H3,(H,16,18). The molecule has 1 unspecified atom stereocenters. The van der Waals surface area contributed by atoms with Gasteiger partial charge in [0.1, 0.15) is 5.69 Å². The second kappa shape index (κ2) is 7.03. The summed E-state index contributed by atoms with van der Waals surface area (Å²) in [7, 11) is 0. The fourth-order valence-corrected chi connectivity index (χ4v) is 2.36. The Morgan fingerprint density at radius 1 is 1.52 bits per heavy atom. The highest BCUT2D eigenvalue weighted by Crippen LogP contribution is 2.28. The van der Waals surface area contributed by atoms with E-state index in [0.29, 0.717) is 19.8 Å². The Hall–Kier alpha value is -2.15. The molecule has 1 atom stereocenters. The first-order valence-electron chi connectivity index (χ1n) is 7.03. The van der Waals surface area contributed by atoms with Crippen LogP contribution in [-0.4, -0.2) is 36.6 Å². The Bertz CT molecular complexity index is 527. The predicted octanol–water partition coefficient (Wildman–Crippen LogP) is 1.94. The molecule has 0 radical (unpaired) electrons. The van der Waals surface area contributed by atoms with Gasteiger partial charge in [0.05, 0.1) is 23.1 Å². The molecule has 21 heavy (non-hydrogen) atoms. The number of nitrogens with one attached hydrogen (secondary N) is 2.